The number of hydrogen-bond donors (Lipinski definition) is 1. The molecule has 0 saturated carbocycles. The number of thiazole rings is 1. The van der Waals surface area contributed by atoms with E-state index in [0.717, 1.165) is 53.6 Å². The van der Waals surface area contributed by atoms with Gasteiger partial charge in [-0.15, -0.1) is 22.7 Å². The van der Waals surface area contributed by atoms with Crippen LogP contribution in [0.3, 0.4) is 0 Å². The number of likely N-dealkylation sites (N-methyl/N-ethyl adjacent to an activating group) is 1. The number of nitrogens with zero attached hydrogens (tertiary/aromatic N) is 2. The largest absolute Gasteiger partial charge is 0.317 e. The highest BCUT2D eigenvalue weighted by molar-refractivity contribution is 7.22. The average molecular weight is 372 g/mol. The minimum Gasteiger partial charge on any atom is -0.317 e. The van der Waals surface area contributed by atoms with Crippen LogP contribution in [-0.2, 0) is 17.6 Å². The fraction of sp³-hybridized carbons (Fsp3) is 0.368. The highest BCUT2D eigenvalue weighted by Gasteiger charge is 2.25. The molecule has 0 spiro atoms. The number of hydrogen-bond acceptors (Lipinski definition) is 5. The molecule has 1 amide bonds. The standard InChI is InChI=1S/C19H21N3OS2/c1-3-22-10-8-13-15(9-11-22)24-18(20-12(2)23)17(13)19-21-14-6-4-5-7-16(14)25-19/h4-7H,3,8-11H2,1-2H3,(H,20,23). The van der Waals surface area contributed by atoms with Gasteiger partial charge in [0.25, 0.3) is 0 Å². The molecule has 2 aromatic heterocycles. The zero-order chi connectivity index (χ0) is 17.4. The van der Waals surface area contributed by atoms with E-state index >= 15 is 0 Å². The number of anilines is 1. The summed E-state index contributed by atoms with van der Waals surface area (Å²) in [7, 11) is 0. The van der Waals surface area contributed by atoms with E-state index in [1.54, 1.807) is 29.6 Å². The molecule has 0 saturated heterocycles. The van der Waals surface area contributed by atoms with Crippen molar-refractivity contribution >= 4 is 43.8 Å². The summed E-state index contributed by atoms with van der Waals surface area (Å²) in [6.45, 7) is 7.03. The quantitative estimate of drug-likeness (QED) is 0.742. The Hall–Kier alpha value is -1.76. The lowest BCUT2D eigenvalue weighted by Gasteiger charge is -2.16. The number of carbonyl (C=O) groups is 1. The van der Waals surface area contributed by atoms with Crippen molar-refractivity contribution in [1.82, 2.24) is 9.88 Å². The Morgan fingerprint density at radius 3 is 2.80 bits per heavy atom. The summed E-state index contributed by atoms with van der Waals surface area (Å²) in [6, 6.07) is 8.23. The summed E-state index contributed by atoms with van der Waals surface area (Å²) in [5, 5.41) is 5.03. The molecule has 0 unspecified atom stereocenters. The van der Waals surface area contributed by atoms with Crippen LogP contribution in [0.5, 0.6) is 0 Å². The van der Waals surface area contributed by atoms with Gasteiger partial charge in [0.05, 0.1) is 10.2 Å². The highest BCUT2D eigenvalue weighted by atomic mass is 32.1. The minimum absolute atomic E-state index is 0.0195. The van der Waals surface area contributed by atoms with E-state index in [-0.39, 0.29) is 5.91 Å². The maximum absolute atomic E-state index is 11.7. The number of amides is 1. The van der Waals surface area contributed by atoms with Gasteiger partial charge in [0.15, 0.2) is 0 Å². The molecule has 3 heterocycles. The zero-order valence-corrected chi connectivity index (χ0v) is 16.1. The second-order valence-electron chi connectivity index (χ2n) is 6.31. The molecule has 3 aromatic rings. The number of aromatic nitrogens is 1. The third-order valence-electron chi connectivity index (χ3n) is 4.67. The molecule has 6 heteroatoms. The predicted molar refractivity (Wildman–Crippen MR) is 107 cm³/mol. The van der Waals surface area contributed by atoms with Crippen LogP contribution in [0, 0.1) is 0 Å². The second-order valence-corrected chi connectivity index (χ2v) is 8.45. The first-order valence-corrected chi connectivity index (χ1v) is 10.3. The van der Waals surface area contributed by atoms with Crippen molar-refractivity contribution < 1.29 is 4.79 Å². The fourth-order valence-corrected chi connectivity index (χ4v) is 5.78. The Morgan fingerprint density at radius 1 is 1.24 bits per heavy atom. The van der Waals surface area contributed by atoms with E-state index in [9.17, 15) is 4.79 Å². The summed E-state index contributed by atoms with van der Waals surface area (Å²) in [5.41, 5.74) is 3.55. The first-order valence-electron chi connectivity index (χ1n) is 8.66. The van der Waals surface area contributed by atoms with Gasteiger partial charge in [-0.05, 0) is 37.1 Å². The number of fused-ring (bicyclic) bond motifs is 2. The molecule has 0 radical (unpaired) electrons. The summed E-state index contributed by atoms with van der Waals surface area (Å²) < 4.78 is 1.19. The summed E-state index contributed by atoms with van der Waals surface area (Å²) in [4.78, 5) is 20.5. The molecule has 4 rings (SSSR count). The van der Waals surface area contributed by atoms with Crippen molar-refractivity contribution in [3.63, 3.8) is 0 Å². The van der Waals surface area contributed by atoms with E-state index in [2.05, 4.69) is 29.3 Å². The Labute approximate surface area is 155 Å². The van der Waals surface area contributed by atoms with E-state index in [4.69, 9.17) is 4.98 Å². The van der Waals surface area contributed by atoms with Crippen molar-refractivity contribution in [2.24, 2.45) is 0 Å². The van der Waals surface area contributed by atoms with Crippen LogP contribution in [0.1, 0.15) is 24.3 Å². The molecule has 1 aromatic carbocycles. The monoisotopic (exact) mass is 371 g/mol. The van der Waals surface area contributed by atoms with Crippen LogP contribution in [0.15, 0.2) is 24.3 Å². The van der Waals surface area contributed by atoms with Crippen LogP contribution in [-0.4, -0.2) is 35.4 Å². The number of benzene rings is 1. The number of rotatable bonds is 3. The number of thiophene rings is 1. The molecule has 0 atom stereocenters. The van der Waals surface area contributed by atoms with Crippen LogP contribution in [0.25, 0.3) is 20.8 Å². The van der Waals surface area contributed by atoms with Gasteiger partial charge in [0.2, 0.25) is 5.91 Å². The highest BCUT2D eigenvalue weighted by Crippen LogP contribution is 2.44. The Balaban J connectivity index is 1.84. The molecule has 0 bridgehead atoms. The normalized spacial score (nSPS) is 15.1. The molecule has 1 aliphatic rings. The predicted octanol–water partition coefficient (Wildman–Crippen LogP) is 4.40. The molecule has 130 valence electrons. The summed E-state index contributed by atoms with van der Waals surface area (Å²) in [6.07, 6.45) is 2.07. The number of carbonyl (C=O) groups excluding carboxylic acids is 1. The summed E-state index contributed by atoms with van der Waals surface area (Å²) in [5.74, 6) is -0.0195. The maximum Gasteiger partial charge on any atom is 0.221 e. The van der Waals surface area contributed by atoms with Crippen molar-refractivity contribution in [3.05, 3.63) is 34.7 Å². The van der Waals surface area contributed by atoms with Crippen LogP contribution in [0.2, 0.25) is 0 Å². The Morgan fingerprint density at radius 2 is 2.04 bits per heavy atom. The maximum atomic E-state index is 11.7. The van der Waals surface area contributed by atoms with Gasteiger partial charge in [-0.2, -0.15) is 0 Å². The fourth-order valence-electron chi connectivity index (χ4n) is 3.39. The molecule has 0 aliphatic carbocycles. The van der Waals surface area contributed by atoms with E-state index in [1.165, 1.54) is 15.1 Å². The van der Waals surface area contributed by atoms with Crippen LogP contribution < -0.4 is 5.32 Å². The van der Waals surface area contributed by atoms with Gasteiger partial charge in [0, 0.05) is 30.5 Å². The van der Waals surface area contributed by atoms with Crippen molar-refractivity contribution in [2.45, 2.75) is 26.7 Å². The topological polar surface area (TPSA) is 45.2 Å². The van der Waals surface area contributed by atoms with Crippen molar-refractivity contribution in [2.75, 3.05) is 25.0 Å². The molecular formula is C19H21N3OS2. The summed E-state index contributed by atoms with van der Waals surface area (Å²) >= 11 is 3.44. The molecule has 25 heavy (non-hydrogen) atoms. The number of para-hydroxylation sites is 1. The smallest absolute Gasteiger partial charge is 0.221 e. The minimum atomic E-state index is -0.0195. The first kappa shape index (κ1) is 16.7. The molecule has 0 fully saturated rings. The first-order chi connectivity index (χ1) is 12.2. The average Bonchev–Trinajstić information content (AvgIpc) is 3.09. The van der Waals surface area contributed by atoms with E-state index in [0.29, 0.717) is 0 Å². The zero-order valence-electron chi connectivity index (χ0n) is 14.5. The lowest BCUT2D eigenvalue weighted by molar-refractivity contribution is -0.114. The molecule has 1 aliphatic heterocycles. The van der Waals surface area contributed by atoms with Crippen molar-refractivity contribution in [3.8, 4) is 10.6 Å². The third-order valence-corrected chi connectivity index (χ3v) is 6.93. The van der Waals surface area contributed by atoms with Crippen LogP contribution in [0.4, 0.5) is 5.00 Å². The molecular weight excluding hydrogens is 350 g/mol. The van der Waals surface area contributed by atoms with Gasteiger partial charge in [0.1, 0.15) is 10.0 Å². The van der Waals surface area contributed by atoms with Gasteiger partial charge in [-0.1, -0.05) is 19.1 Å². The molecule has 4 nitrogen and oxygen atoms in total. The van der Waals surface area contributed by atoms with Crippen molar-refractivity contribution in [1.29, 1.82) is 0 Å². The lowest BCUT2D eigenvalue weighted by Crippen LogP contribution is -2.25. The lowest BCUT2D eigenvalue weighted by atomic mass is 10.1. The Kier molecular flexibility index (Phi) is 4.58. The Bertz CT molecular complexity index is 895. The van der Waals surface area contributed by atoms with E-state index < -0.39 is 0 Å². The van der Waals surface area contributed by atoms with Gasteiger partial charge >= 0.3 is 0 Å². The van der Waals surface area contributed by atoms with E-state index in [1.807, 2.05) is 12.1 Å². The number of nitrogens with one attached hydrogen (secondary N) is 1. The van der Waals surface area contributed by atoms with Gasteiger partial charge in [-0.25, -0.2) is 4.98 Å². The van der Waals surface area contributed by atoms with Crippen LogP contribution >= 0.6 is 22.7 Å². The molecule has 1 N–H and O–H groups in total. The van der Waals surface area contributed by atoms with Gasteiger partial charge in [-0.3, -0.25) is 4.79 Å². The third kappa shape index (κ3) is 3.21. The second kappa shape index (κ2) is 6.86. The SMILES string of the molecule is CCN1CCc2sc(NC(C)=O)c(-c3nc4ccccc4s3)c2CC1. The van der Waals surface area contributed by atoms with Gasteiger partial charge < -0.3 is 10.2 Å².